The second-order valence-corrected chi connectivity index (χ2v) is 12.0. The van der Waals surface area contributed by atoms with Gasteiger partial charge in [-0.05, 0) is 67.3 Å². The SMILES string of the molecule is CC(=O)OCC1=C[C@]23C[C@@H]1CC[C@H]2[C@]1(C)CC[C@@H](OC(C)=O)[C@](C)(COC(C)=O)[C@H]1C[C@@H]3OC(C)=O. The van der Waals surface area contributed by atoms with E-state index in [-0.39, 0.29) is 65.9 Å². The summed E-state index contributed by atoms with van der Waals surface area (Å²) in [5.74, 6) is -0.806. The van der Waals surface area contributed by atoms with Crippen molar-refractivity contribution in [3.05, 3.63) is 11.6 Å². The lowest BCUT2D eigenvalue weighted by molar-refractivity contribution is -0.236. The van der Waals surface area contributed by atoms with Gasteiger partial charge in [-0.15, -0.1) is 0 Å². The number of fused-ring (bicyclic) bond motifs is 3. The van der Waals surface area contributed by atoms with Crippen molar-refractivity contribution in [2.24, 2.45) is 34.0 Å². The molecule has 1 spiro atoms. The molecule has 0 aromatic heterocycles. The summed E-state index contributed by atoms with van der Waals surface area (Å²) in [6.45, 7) is 10.5. The first-order valence-electron chi connectivity index (χ1n) is 13.1. The summed E-state index contributed by atoms with van der Waals surface area (Å²) in [6.07, 6.45) is 6.49. The van der Waals surface area contributed by atoms with E-state index in [1.807, 2.05) is 0 Å². The maximum absolute atomic E-state index is 12.3. The summed E-state index contributed by atoms with van der Waals surface area (Å²) < 4.78 is 22.9. The first kappa shape index (κ1) is 26.7. The van der Waals surface area contributed by atoms with Crippen molar-refractivity contribution in [1.29, 1.82) is 0 Å². The van der Waals surface area contributed by atoms with Gasteiger partial charge in [0.15, 0.2) is 0 Å². The van der Waals surface area contributed by atoms with Crippen LogP contribution in [0.25, 0.3) is 0 Å². The normalized spacial score (nSPS) is 40.7. The number of esters is 4. The molecular formula is C28H40O8. The summed E-state index contributed by atoms with van der Waals surface area (Å²) in [4.78, 5) is 47.7. The Kier molecular flexibility index (Phi) is 7.03. The largest absolute Gasteiger partial charge is 0.465 e. The van der Waals surface area contributed by atoms with Crippen LogP contribution in [0.2, 0.25) is 0 Å². The molecule has 0 unspecified atom stereocenters. The van der Waals surface area contributed by atoms with E-state index in [9.17, 15) is 19.2 Å². The summed E-state index contributed by atoms with van der Waals surface area (Å²) >= 11 is 0. The van der Waals surface area contributed by atoms with Gasteiger partial charge in [-0.1, -0.05) is 19.9 Å². The molecule has 0 aliphatic heterocycles. The zero-order valence-corrected chi connectivity index (χ0v) is 22.4. The van der Waals surface area contributed by atoms with E-state index >= 15 is 0 Å². The number of ether oxygens (including phenoxy) is 4. The standard InChI is InChI=1S/C28H40O8/c1-16(29)33-14-21-13-28-12-20(21)7-8-22(28)26(5)10-9-24(35-18(3)31)27(6,15-34-17(2)30)23(26)11-25(28)36-19(4)32/h13,20,22-25H,7-12,14-15H2,1-6H3/t20-,22-,23-,24+,25-,26-,27+,28+/m0/s1. The van der Waals surface area contributed by atoms with Gasteiger partial charge in [0.2, 0.25) is 0 Å². The van der Waals surface area contributed by atoms with Gasteiger partial charge in [-0.3, -0.25) is 19.2 Å². The second-order valence-electron chi connectivity index (χ2n) is 12.0. The molecule has 200 valence electrons. The summed E-state index contributed by atoms with van der Waals surface area (Å²) in [5, 5.41) is 0. The van der Waals surface area contributed by atoms with Crippen molar-refractivity contribution in [1.82, 2.24) is 0 Å². The molecule has 8 atom stereocenters. The van der Waals surface area contributed by atoms with Crippen molar-refractivity contribution in [2.45, 2.75) is 92.3 Å². The third-order valence-electron chi connectivity index (χ3n) is 9.79. The zero-order chi connectivity index (χ0) is 26.5. The molecule has 36 heavy (non-hydrogen) atoms. The van der Waals surface area contributed by atoms with Gasteiger partial charge < -0.3 is 18.9 Å². The van der Waals surface area contributed by atoms with Gasteiger partial charge in [0.05, 0.1) is 0 Å². The van der Waals surface area contributed by atoms with E-state index in [2.05, 4.69) is 19.9 Å². The Morgan fingerprint density at radius 2 is 1.47 bits per heavy atom. The van der Waals surface area contributed by atoms with Crippen molar-refractivity contribution in [3.8, 4) is 0 Å². The molecule has 3 saturated carbocycles. The maximum atomic E-state index is 12.3. The van der Waals surface area contributed by atoms with Crippen molar-refractivity contribution < 1.29 is 38.1 Å². The molecule has 0 heterocycles. The molecule has 0 aromatic rings. The fourth-order valence-electron chi connectivity index (χ4n) is 8.50. The Balaban J connectivity index is 1.77. The smallest absolute Gasteiger partial charge is 0.302 e. The highest BCUT2D eigenvalue weighted by molar-refractivity contribution is 5.67. The molecule has 4 aliphatic carbocycles. The first-order valence-corrected chi connectivity index (χ1v) is 13.1. The average molecular weight is 505 g/mol. The average Bonchev–Trinajstić information content (AvgIpc) is 3.05. The van der Waals surface area contributed by atoms with Crippen LogP contribution in [0, 0.1) is 34.0 Å². The molecule has 0 amide bonds. The van der Waals surface area contributed by atoms with E-state index in [0.717, 1.165) is 31.3 Å². The minimum atomic E-state index is -0.621. The van der Waals surface area contributed by atoms with Crippen LogP contribution in [0.4, 0.5) is 0 Å². The van der Waals surface area contributed by atoms with Gasteiger partial charge in [0.1, 0.15) is 25.4 Å². The third-order valence-corrected chi connectivity index (χ3v) is 9.79. The van der Waals surface area contributed by atoms with E-state index < -0.39 is 11.5 Å². The highest BCUT2D eigenvalue weighted by atomic mass is 16.6. The minimum Gasteiger partial charge on any atom is -0.465 e. The summed E-state index contributed by atoms with van der Waals surface area (Å²) in [6, 6.07) is 0. The maximum Gasteiger partial charge on any atom is 0.302 e. The van der Waals surface area contributed by atoms with Crippen LogP contribution in [-0.2, 0) is 38.1 Å². The van der Waals surface area contributed by atoms with E-state index in [0.29, 0.717) is 18.8 Å². The number of carbonyl (C=O) groups is 4. The lowest BCUT2D eigenvalue weighted by atomic mass is 9.40. The summed E-state index contributed by atoms with van der Waals surface area (Å²) in [5.41, 5.74) is 0.0412. The molecule has 0 N–H and O–H groups in total. The monoisotopic (exact) mass is 504 g/mol. The van der Waals surface area contributed by atoms with Crippen LogP contribution in [0.1, 0.15) is 80.1 Å². The minimum absolute atomic E-state index is 0.00453. The Morgan fingerprint density at radius 3 is 2.08 bits per heavy atom. The van der Waals surface area contributed by atoms with Crippen LogP contribution >= 0.6 is 0 Å². The lowest BCUT2D eigenvalue weighted by Gasteiger charge is -2.66. The van der Waals surface area contributed by atoms with Gasteiger partial charge in [-0.2, -0.15) is 0 Å². The van der Waals surface area contributed by atoms with Crippen LogP contribution in [0.15, 0.2) is 11.6 Å². The highest BCUT2D eigenvalue weighted by Gasteiger charge is 2.69. The van der Waals surface area contributed by atoms with Crippen molar-refractivity contribution in [3.63, 3.8) is 0 Å². The van der Waals surface area contributed by atoms with E-state index in [4.69, 9.17) is 18.9 Å². The predicted octanol–water partition coefficient (Wildman–Crippen LogP) is 4.15. The zero-order valence-electron chi connectivity index (χ0n) is 22.4. The van der Waals surface area contributed by atoms with E-state index in [1.54, 1.807) is 0 Å². The van der Waals surface area contributed by atoms with Gasteiger partial charge in [0, 0.05) is 38.5 Å². The van der Waals surface area contributed by atoms with E-state index in [1.165, 1.54) is 27.7 Å². The third kappa shape index (κ3) is 4.45. The van der Waals surface area contributed by atoms with Crippen LogP contribution in [-0.4, -0.2) is 49.3 Å². The number of hydrogen-bond donors (Lipinski definition) is 0. The first-order chi connectivity index (χ1) is 16.8. The number of rotatable bonds is 6. The molecule has 0 radical (unpaired) electrons. The molecule has 4 rings (SSSR count). The Morgan fingerprint density at radius 1 is 0.833 bits per heavy atom. The molecule has 0 aromatic carbocycles. The topological polar surface area (TPSA) is 105 Å². The van der Waals surface area contributed by atoms with Gasteiger partial charge >= 0.3 is 23.9 Å². The molecule has 8 heteroatoms. The number of carbonyl (C=O) groups excluding carboxylic acids is 4. The molecule has 4 aliphatic rings. The van der Waals surface area contributed by atoms with Gasteiger partial charge in [0.25, 0.3) is 0 Å². The Labute approximate surface area is 213 Å². The second kappa shape index (κ2) is 9.49. The Hall–Kier alpha value is -2.38. The predicted molar refractivity (Wildman–Crippen MR) is 129 cm³/mol. The van der Waals surface area contributed by atoms with Gasteiger partial charge in [-0.25, -0.2) is 0 Å². The van der Waals surface area contributed by atoms with Crippen LogP contribution in [0.5, 0.6) is 0 Å². The highest BCUT2D eigenvalue weighted by Crippen LogP contribution is 2.71. The molecule has 0 saturated heterocycles. The fourth-order valence-corrected chi connectivity index (χ4v) is 8.50. The number of hydrogen-bond acceptors (Lipinski definition) is 8. The molecule has 8 nitrogen and oxygen atoms in total. The Bertz CT molecular complexity index is 971. The molecular weight excluding hydrogens is 464 g/mol. The summed E-state index contributed by atoms with van der Waals surface area (Å²) in [7, 11) is 0. The molecule has 3 fully saturated rings. The fraction of sp³-hybridized carbons (Fsp3) is 0.786. The molecule has 2 bridgehead atoms. The quantitative estimate of drug-likeness (QED) is 0.302. The van der Waals surface area contributed by atoms with Crippen LogP contribution < -0.4 is 0 Å². The van der Waals surface area contributed by atoms with Crippen molar-refractivity contribution >= 4 is 23.9 Å². The van der Waals surface area contributed by atoms with Crippen molar-refractivity contribution in [2.75, 3.05) is 13.2 Å². The lowest BCUT2D eigenvalue weighted by Crippen LogP contribution is -2.65. The van der Waals surface area contributed by atoms with Crippen LogP contribution in [0.3, 0.4) is 0 Å².